The Morgan fingerprint density at radius 1 is 1.35 bits per heavy atom. The fraction of sp³-hybridized carbons (Fsp3) is 0.273. The number of benzene rings is 1. The lowest BCUT2D eigenvalue weighted by atomic mass is 10.3. The van der Waals surface area contributed by atoms with E-state index in [-0.39, 0.29) is 6.10 Å². The molecule has 6 heteroatoms. The van der Waals surface area contributed by atoms with E-state index in [1.165, 1.54) is 0 Å². The van der Waals surface area contributed by atoms with Crippen molar-refractivity contribution in [1.82, 2.24) is 14.8 Å². The maximum atomic E-state index is 5.71. The number of anilines is 1. The van der Waals surface area contributed by atoms with E-state index < -0.39 is 0 Å². The van der Waals surface area contributed by atoms with E-state index in [0.717, 1.165) is 11.4 Å². The van der Waals surface area contributed by atoms with Gasteiger partial charge in [0.2, 0.25) is 10.7 Å². The van der Waals surface area contributed by atoms with Gasteiger partial charge >= 0.3 is 0 Å². The molecule has 3 N–H and O–H groups in total. The first kappa shape index (κ1) is 11.7. The van der Waals surface area contributed by atoms with Gasteiger partial charge in [-0.1, -0.05) is 0 Å². The summed E-state index contributed by atoms with van der Waals surface area (Å²) < 4.78 is 7.69. The maximum absolute atomic E-state index is 5.71. The van der Waals surface area contributed by atoms with Gasteiger partial charge in [-0.25, -0.2) is 5.10 Å². The number of nitrogens with one attached hydrogen (secondary N) is 1. The SMILES string of the molecule is CC(C)Oc1ccc(-n2c(N)n[nH]c2=S)cc1. The average Bonchev–Trinajstić information content (AvgIpc) is 2.59. The predicted molar refractivity (Wildman–Crippen MR) is 68.9 cm³/mol. The van der Waals surface area contributed by atoms with Gasteiger partial charge in [0.1, 0.15) is 5.75 Å². The van der Waals surface area contributed by atoms with Gasteiger partial charge in [0.15, 0.2) is 0 Å². The number of H-pyrrole nitrogens is 1. The first-order valence-corrected chi connectivity index (χ1v) is 5.68. The molecule has 0 fully saturated rings. The van der Waals surface area contributed by atoms with Crippen LogP contribution in [0.5, 0.6) is 5.75 Å². The van der Waals surface area contributed by atoms with Crippen molar-refractivity contribution in [3.8, 4) is 11.4 Å². The molecule has 17 heavy (non-hydrogen) atoms. The molecule has 0 radical (unpaired) electrons. The third-order valence-corrected chi connectivity index (χ3v) is 2.44. The van der Waals surface area contributed by atoms with Gasteiger partial charge in [-0.05, 0) is 50.3 Å². The zero-order chi connectivity index (χ0) is 12.4. The highest BCUT2D eigenvalue weighted by Crippen LogP contribution is 2.18. The summed E-state index contributed by atoms with van der Waals surface area (Å²) in [5.41, 5.74) is 6.57. The van der Waals surface area contributed by atoms with Crippen molar-refractivity contribution in [2.75, 3.05) is 5.73 Å². The molecule has 0 spiro atoms. The molecule has 1 aromatic heterocycles. The summed E-state index contributed by atoms with van der Waals surface area (Å²) in [7, 11) is 0. The molecule has 0 unspecified atom stereocenters. The van der Waals surface area contributed by atoms with E-state index in [4.69, 9.17) is 22.7 Å². The minimum absolute atomic E-state index is 0.155. The van der Waals surface area contributed by atoms with E-state index in [9.17, 15) is 0 Å². The first-order valence-electron chi connectivity index (χ1n) is 5.28. The molecule has 0 amide bonds. The Hall–Kier alpha value is -1.82. The van der Waals surface area contributed by atoms with Gasteiger partial charge in [0.25, 0.3) is 0 Å². The minimum atomic E-state index is 0.155. The molecule has 0 bridgehead atoms. The molecule has 2 rings (SSSR count). The summed E-state index contributed by atoms with van der Waals surface area (Å²) in [6.07, 6.45) is 0.155. The normalized spacial score (nSPS) is 10.8. The largest absolute Gasteiger partial charge is 0.491 e. The Kier molecular flexibility index (Phi) is 3.14. The van der Waals surface area contributed by atoms with Gasteiger partial charge in [-0.15, -0.1) is 5.10 Å². The Morgan fingerprint density at radius 2 is 2.00 bits per heavy atom. The molecular formula is C11H14N4OS. The summed E-state index contributed by atoms with van der Waals surface area (Å²) in [5, 5.41) is 6.50. The van der Waals surface area contributed by atoms with Crippen LogP contribution in [0.2, 0.25) is 0 Å². The van der Waals surface area contributed by atoms with Crippen LogP contribution in [0.1, 0.15) is 13.8 Å². The quantitative estimate of drug-likeness (QED) is 0.820. The van der Waals surface area contributed by atoms with Crippen LogP contribution in [0, 0.1) is 4.77 Å². The van der Waals surface area contributed by atoms with Gasteiger partial charge in [-0.3, -0.25) is 4.57 Å². The standard InChI is InChI=1S/C11H14N4OS/c1-7(2)16-9-5-3-8(4-6-9)15-10(12)13-14-11(15)17/h3-7H,1-2H3,(H2,12,13)(H,14,17). The summed E-state index contributed by atoms with van der Waals surface area (Å²) >= 11 is 5.09. The molecule has 90 valence electrons. The van der Waals surface area contributed by atoms with Gasteiger partial charge < -0.3 is 10.5 Å². The van der Waals surface area contributed by atoms with Crippen molar-refractivity contribution in [2.24, 2.45) is 0 Å². The van der Waals surface area contributed by atoms with Crippen molar-refractivity contribution in [1.29, 1.82) is 0 Å². The smallest absolute Gasteiger partial charge is 0.225 e. The van der Waals surface area contributed by atoms with Crippen LogP contribution in [0.4, 0.5) is 5.95 Å². The summed E-state index contributed by atoms with van der Waals surface area (Å²) in [5.74, 6) is 1.16. The van der Waals surface area contributed by atoms with Crippen molar-refractivity contribution in [2.45, 2.75) is 20.0 Å². The van der Waals surface area contributed by atoms with E-state index in [1.54, 1.807) is 4.57 Å². The molecular weight excluding hydrogens is 236 g/mol. The summed E-state index contributed by atoms with van der Waals surface area (Å²) in [6, 6.07) is 7.53. The number of rotatable bonds is 3. The Bertz CT molecular complexity index is 556. The molecule has 0 saturated heterocycles. The van der Waals surface area contributed by atoms with Gasteiger partial charge in [0, 0.05) is 0 Å². The van der Waals surface area contributed by atoms with Crippen molar-refractivity contribution in [3.05, 3.63) is 29.0 Å². The maximum Gasteiger partial charge on any atom is 0.225 e. The zero-order valence-electron chi connectivity index (χ0n) is 9.68. The molecule has 0 aliphatic carbocycles. The Balaban J connectivity index is 2.33. The molecule has 0 atom stereocenters. The number of nitrogens with zero attached hydrogens (tertiary/aromatic N) is 2. The van der Waals surface area contributed by atoms with E-state index in [2.05, 4.69) is 10.2 Å². The second-order valence-electron chi connectivity index (χ2n) is 3.88. The molecule has 1 heterocycles. The number of aromatic amines is 1. The van der Waals surface area contributed by atoms with Crippen molar-refractivity contribution >= 4 is 18.2 Å². The number of nitrogen functional groups attached to an aromatic ring is 1. The van der Waals surface area contributed by atoms with E-state index in [0.29, 0.717) is 10.7 Å². The third-order valence-electron chi connectivity index (χ3n) is 2.16. The van der Waals surface area contributed by atoms with Crippen LogP contribution in [-0.4, -0.2) is 20.9 Å². The lowest BCUT2D eigenvalue weighted by Gasteiger charge is -2.10. The van der Waals surface area contributed by atoms with E-state index in [1.807, 2.05) is 38.1 Å². The number of aromatic nitrogens is 3. The fourth-order valence-corrected chi connectivity index (χ4v) is 1.75. The second-order valence-corrected chi connectivity index (χ2v) is 4.27. The third kappa shape index (κ3) is 2.47. The number of hydrogen-bond acceptors (Lipinski definition) is 4. The van der Waals surface area contributed by atoms with Gasteiger partial charge in [0.05, 0.1) is 11.8 Å². The fourth-order valence-electron chi connectivity index (χ4n) is 1.50. The second kappa shape index (κ2) is 4.58. The molecule has 0 saturated carbocycles. The van der Waals surface area contributed by atoms with Crippen LogP contribution >= 0.6 is 12.2 Å². The highest BCUT2D eigenvalue weighted by atomic mass is 32.1. The van der Waals surface area contributed by atoms with Crippen LogP contribution in [0.3, 0.4) is 0 Å². The molecule has 1 aromatic carbocycles. The molecule has 0 aliphatic rings. The van der Waals surface area contributed by atoms with Crippen molar-refractivity contribution in [3.63, 3.8) is 0 Å². The summed E-state index contributed by atoms with van der Waals surface area (Å²) in [6.45, 7) is 3.97. The first-order chi connectivity index (χ1) is 8.08. The van der Waals surface area contributed by atoms with Crippen LogP contribution in [0.15, 0.2) is 24.3 Å². The molecule has 5 nitrogen and oxygen atoms in total. The number of hydrogen-bond donors (Lipinski definition) is 2. The van der Waals surface area contributed by atoms with Crippen LogP contribution in [0.25, 0.3) is 5.69 Å². The average molecular weight is 250 g/mol. The van der Waals surface area contributed by atoms with Crippen LogP contribution < -0.4 is 10.5 Å². The van der Waals surface area contributed by atoms with E-state index >= 15 is 0 Å². The lowest BCUT2D eigenvalue weighted by molar-refractivity contribution is 0.242. The number of nitrogens with two attached hydrogens (primary N) is 1. The minimum Gasteiger partial charge on any atom is -0.491 e. The Labute approximate surface area is 104 Å². The Morgan fingerprint density at radius 3 is 2.47 bits per heavy atom. The zero-order valence-corrected chi connectivity index (χ0v) is 10.5. The highest BCUT2D eigenvalue weighted by Gasteiger charge is 2.05. The topological polar surface area (TPSA) is 68.9 Å². The highest BCUT2D eigenvalue weighted by molar-refractivity contribution is 7.71. The lowest BCUT2D eigenvalue weighted by Crippen LogP contribution is -2.06. The number of ether oxygens (including phenoxy) is 1. The van der Waals surface area contributed by atoms with Crippen LogP contribution in [-0.2, 0) is 0 Å². The molecule has 0 aliphatic heterocycles. The van der Waals surface area contributed by atoms with Crippen molar-refractivity contribution < 1.29 is 4.74 Å². The monoisotopic (exact) mass is 250 g/mol. The van der Waals surface area contributed by atoms with Gasteiger partial charge in [-0.2, -0.15) is 0 Å². The summed E-state index contributed by atoms with van der Waals surface area (Å²) in [4.78, 5) is 0. The predicted octanol–water partition coefficient (Wildman–Crippen LogP) is 2.30. The molecule has 2 aromatic rings.